The lowest BCUT2D eigenvalue weighted by Crippen LogP contribution is -2.41. The second-order valence-corrected chi connectivity index (χ2v) is 10.6. The van der Waals surface area contributed by atoms with Crippen LogP contribution in [0.15, 0.2) is 24.3 Å². The van der Waals surface area contributed by atoms with E-state index in [1.807, 2.05) is 6.07 Å². The largest absolute Gasteiger partial charge is 0.431 e. The fourth-order valence-corrected chi connectivity index (χ4v) is 5.74. The summed E-state index contributed by atoms with van der Waals surface area (Å²) in [5.74, 6) is -0.173. The molecular formula is C15H25FOSi. The van der Waals surface area contributed by atoms with E-state index in [1.165, 1.54) is 6.07 Å². The molecule has 0 saturated carbocycles. The maximum absolute atomic E-state index is 13.0. The smallest absolute Gasteiger partial charge is 0.193 e. The summed E-state index contributed by atoms with van der Waals surface area (Å²) in [6, 6.07) is 7.66. The van der Waals surface area contributed by atoms with Crippen LogP contribution in [0.25, 0.3) is 0 Å². The van der Waals surface area contributed by atoms with Gasteiger partial charge in [-0.25, -0.2) is 4.39 Å². The molecule has 1 rings (SSSR count). The van der Waals surface area contributed by atoms with Crippen molar-refractivity contribution in [1.29, 1.82) is 0 Å². The van der Waals surface area contributed by atoms with Crippen LogP contribution in [-0.2, 0) is 6.42 Å². The molecule has 0 unspecified atom stereocenters. The second kappa shape index (κ2) is 6.48. The quantitative estimate of drug-likeness (QED) is 0.752. The Balaban J connectivity index is 2.54. The van der Waals surface area contributed by atoms with Crippen LogP contribution < -0.4 is 0 Å². The van der Waals surface area contributed by atoms with Gasteiger partial charge in [-0.1, -0.05) is 39.8 Å². The summed E-state index contributed by atoms with van der Waals surface area (Å²) in [7, 11) is -2.17. The Hall–Kier alpha value is -0.673. The molecule has 0 bridgehead atoms. The second-order valence-electron chi connectivity index (χ2n) is 5.78. The lowest BCUT2D eigenvalue weighted by atomic mass is 10.1. The highest BCUT2D eigenvalue weighted by Gasteiger charge is 2.37. The van der Waals surface area contributed by atoms with E-state index in [4.69, 9.17) is 0 Å². The first kappa shape index (κ1) is 15.4. The third kappa shape index (κ3) is 3.92. The van der Waals surface area contributed by atoms with Gasteiger partial charge in [0.1, 0.15) is 5.82 Å². The summed E-state index contributed by atoms with van der Waals surface area (Å²) in [6.45, 7) is 8.48. The molecule has 0 saturated heterocycles. The molecule has 1 nitrogen and oxygen atoms in total. The van der Waals surface area contributed by atoms with Gasteiger partial charge in [0.15, 0.2) is 8.32 Å². The monoisotopic (exact) mass is 268 g/mol. The topological polar surface area (TPSA) is 20.2 Å². The van der Waals surface area contributed by atoms with Crippen molar-refractivity contribution in [3.8, 4) is 0 Å². The van der Waals surface area contributed by atoms with E-state index in [1.54, 1.807) is 12.1 Å². The van der Waals surface area contributed by atoms with Gasteiger partial charge in [0.05, 0.1) is 0 Å². The maximum atomic E-state index is 13.0. The summed E-state index contributed by atoms with van der Waals surface area (Å²) >= 11 is 0. The Labute approximate surface area is 111 Å². The standard InChI is InChI=1S/C15H25FOSi/c1-12(2)18(17,13(3)4)10-6-8-14-7-5-9-15(16)11-14/h5,7,9,11-13,17H,6,8,10H2,1-4H3. The van der Waals surface area contributed by atoms with Crippen molar-refractivity contribution in [2.24, 2.45) is 0 Å². The van der Waals surface area contributed by atoms with Gasteiger partial charge in [-0.3, -0.25) is 0 Å². The van der Waals surface area contributed by atoms with Gasteiger partial charge in [0.25, 0.3) is 0 Å². The molecule has 18 heavy (non-hydrogen) atoms. The molecule has 102 valence electrons. The van der Waals surface area contributed by atoms with Crippen molar-refractivity contribution in [2.75, 3.05) is 0 Å². The predicted molar refractivity (Wildman–Crippen MR) is 77.7 cm³/mol. The lowest BCUT2D eigenvalue weighted by molar-refractivity contribution is 0.486. The van der Waals surface area contributed by atoms with Gasteiger partial charge in [-0.2, -0.15) is 0 Å². The molecule has 0 aliphatic carbocycles. The molecule has 0 aromatic heterocycles. The van der Waals surface area contributed by atoms with E-state index >= 15 is 0 Å². The van der Waals surface area contributed by atoms with E-state index < -0.39 is 8.32 Å². The van der Waals surface area contributed by atoms with E-state index in [9.17, 15) is 9.19 Å². The predicted octanol–water partition coefficient (Wildman–Crippen LogP) is 4.52. The number of benzene rings is 1. The lowest BCUT2D eigenvalue weighted by Gasteiger charge is -2.33. The Kier molecular flexibility index (Phi) is 5.54. The summed E-state index contributed by atoms with van der Waals surface area (Å²) in [5.41, 5.74) is 1.79. The van der Waals surface area contributed by atoms with Gasteiger partial charge in [0.2, 0.25) is 0 Å². The Bertz CT molecular complexity index is 369. The minimum Gasteiger partial charge on any atom is -0.431 e. The Morgan fingerprint density at radius 2 is 1.78 bits per heavy atom. The number of hydrogen-bond donors (Lipinski definition) is 1. The fourth-order valence-electron chi connectivity index (χ4n) is 2.51. The Morgan fingerprint density at radius 3 is 2.28 bits per heavy atom. The van der Waals surface area contributed by atoms with Crippen molar-refractivity contribution in [3.05, 3.63) is 35.6 Å². The van der Waals surface area contributed by atoms with E-state index in [0.717, 1.165) is 24.4 Å². The summed E-state index contributed by atoms with van der Waals surface area (Å²) in [6.07, 6.45) is 1.80. The minimum absolute atomic E-state index is 0.173. The number of aryl methyl sites for hydroxylation is 1. The van der Waals surface area contributed by atoms with Gasteiger partial charge in [-0.15, -0.1) is 0 Å². The minimum atomic E-state index is -2.17. The van der Waals surface area contributed by atoms with Gasteiger partial charge in [0, 0.05) is 0 Å². The number of halogens is 1. The van der Waals surface area contributed by atoms with E-state index in [0.29, 0.717) is 11.1 Å². The van der Waals surface area contributed by atoms with Crippen molar-refractivity contribution in [1.82, 2.24) is 0 Å². The van der Waals surface area contributed by atoms with Crippen LogP contribution in [0.2, 0.25) is 17.1 Å². The van der Waals surface area contributed by atoms with Crippen LogP contribution >= 0.6 is 0 Å². The van der Waals surface area contributed by atoms with Crippen LogP contribution in [0.4, 0.5) is 4.39 Å². The van der Waals surface area contributed by atoms with Crippen LogP contribution in [0, 0.1) is 5.82 Å². The van der Waals surface area contributed by atoms with Crippen molar-refractivity contribution in [2.45, 2.75) is 57.7 Å². The molecular weight excluding hydrogens is 243 g/mol. The van der Waals surface area contributed by atoms with Crippen LogP contribution in [0.5, 0.6) is 0 Å². The zero-order chi connectivity index (χ0) is 13.8. The molecule has 0 radical (unpaired) electrons. The molecule has 0 aliphatic rings. The van der Waals surface area contributed by atoms with E-state index in [2.05, 4.69) is 27.7 Å². The van der Waals surface area contributed by atoms with Crippen LogP contribution in [0.1, 0.15) is 39.7 Å². The number of rotatable bonds is 6. The molecule has 0 amide bonds. The highest BCUT2D eigenvalue weighted by molar-refractivity contribution is 6.75. The average molecular weight is 268 g/mol. The molecule has 3 heteroatoms. The molecule has 1 N–H and O–H groups in total. The van der Waals surface area contributed by atoms with Gasteiger partial charge >= 0.3 is 0 Å². The molecule has 1 aromatic rings. The highest BCUT2D eigenvalue weighted by Crippen LogP contribution is 2.34. The van der Waals surface area contributed by atoms with E-state index in [-0.39, 0.29) is 5.82 Å². The third-order valence-electron chi connectivity index (χ3n) is 3.93. The zero-order valence-electron chi connectivity index (χ0n) is 11.9. The Morgan fingerprint density at radius 1 is 1.17 bits per heavy atom. The highest BCUT2D eigenvalue weighted by atomic mass is 28.4. The molecule has 0 heterocycles. The third-order valence-corrected chi connectivity index (χ3v) is 9.08. The average Bonchev–Trinajstić information content (AvgIpc) is 2.28. The molecule has 0 fully saturated rings. The van der Waals surface area contributed by atoms with Gasteiger partial charge < -0.3 is 4.80 Å². The molecule has 0 spiro atoms. The van der Waals surface area contributed by atoms with Crippen molar-refractivity contribution >= 4 is 8.32 Å². The summed E-state index contributed by atoms with van der Waals surface area (Å²) in [5, 5.41) is 0. The normalized spacial score (nSPS) is 12.4. The van der Waals surface area contributed by atoms with Gasteiger partial charge in [-0.05, 0) is 47.7 Å². The SMILES string of the molecule is CC(C)[Si](O)(CCCc1cccc(F)c1)C(C)C. The molecule has 1 aromatic carbocycles. The van der Waals surface area contributed by atoms with Crippen LogP contribution in [-0.4, -0.2) is 13.1 Å². The molecule has 0 aliphatic heterocycles. The first-order valence-corrected chi connectivity index (χ1v) is 9.14. The first-order valence-electron chi connectivity index (χ1n) is 6.83. The fraction of sp³-hybridized carbons (Fsp3) is 0.600. The van der Waals surface area contributed by atoms with Crippen molar-refractivity contribution in [3.63, 3.8) is 0 Å². The summed E-state index contributed by atoms with van der Waals surface area (Å²) in [4.78, 5) is 10.8. The van der Waals surface area contributed by atoms with Crippen LogP contribution in [0.3, 0.4) is 0 Å². The van der Waals surface area contributed by atoms with Crippen molar-refractivity contribution < 1.29 is 9.19 Å². The number of hydrogen-bond acceptors (Lipinski definition) is 1. The molecule has 0 atom stereocenters. The zero-order valence-corrected chi connectivity index (χ0v) is 12.9. The maximum Gasteiger partial charge on any atom is 0.193 e. The summed E-state index contributed by atoms with van der Waals surface area (Å²) < 4.78 is 13.0. The first-order chi connectivity index (χ1) is 8.36.